The smallest absolute Gasteiger partial charge is 0.145 e. The fraction of sp³-hybridized carbons (Fsp3) is 0.150. The molecule has 0 aliphatic heterocycles. The third-order valence-corrected chi connectivity index (χ3v) is 4.61. The Balaban J connectivity index is 1.98. The van der Waals surface area contributed by atoms with Crippen LogP contribution in [0.1, 0.15) is 19.0 Å². The molecule has 2 heterocycles. The van der Waals surface area contributed by atoms with Gasteiger partial charge in [-0.3, -0.25) is 5.10 Å². The number of hydrogen-bond acceptors (Lipinski definition) is 4. The maximum Gasteiger partial charge on any atom is 0.145 e. The standard InChI is InChI=1S/C20H18ClN5/c1-2-6-16-20(22)25-18(12-7-4-3-5-8-12)19(24-16)13-9-14-11-23-26-17(14)15(21)10-13/h3-5,7-11H,2,6H2,1H3,(H2,22,25)(H,23,26). The number of nitrogen functional groups attached to an aromatic ring is 1. The topological polar surface area (TPSA) is 80.5 Å². The van der Waals surface area contributed by atoms with E-state index in [4.69, 9.17) is 22.3 Å². The minimum Gasteiger partial charge on any atom is -0.382 e. The molecule has 0 spiro atoms. The molecule has 0 amide bonds. The zero-order valence-corrected chi connectivity index (χ0v) is 15.1. The second kappa shape index (κ2) is 6.77. The summed E-state index contributed by atoms with van der Waals surface area (Å²) >= 11 is 6.44. The first-order valence-corrected chi connectivity index (χ1v) is 8.90. The fourth-order valence-electron chi connectivity index (χ4n) is 3.05. The molecule has 5 nitrogen and oxygen atoms in total. The minimum atomic E-state index is 0.477. The summed E-state index contributed by atoms with van der Waals surface area (Å²) in [6.07, 6.45) is 3.48. The SMILES string of the molecule is CCCc1nc(-c2cc(Cl)c3[nH]ncc3c2)c(-c2ccccc2)nc1N. The van der Waals surface area contributed by atoms with E-state index in [0.717, 1.165) is 52.0 Å². The highest BCUT2D eigenvalue weighted by molar-refractivity contribution is 6.35. The second-order valence-electron chi connectivity index (χ2n) is 6.16. The first kappa shape index (κ1) is 16.5. The van der Waals surface area contributed by atoms with Crippen molar-refractivity contribution in [3.8, 4) is 22.5 Å². The summed E-state index contributed by atoms with van der Waals surface area (Å²) in [4.78, 5) is 9.55. The van der Waals surface area contributed by atoms with Crippen molar-refractivity contribution in [2.24, 2.45) is 0 Å². The summed E-state index contributed by atoms with van der Waals surface area (Å²) < 4.78 is 0. The lowest BCUT2D eigenvalue weighted by atomic mass is 10.0. The van der Waals surface area contributed by atoms with Crippen LogP contribution in [0.5, 0.6) is 0 Å². The van der Waals surface area contributed by atoms with E-state index in [1.807, 2.05) is 42.5 Å². The molecule has 26 heavy (non-hydrogen) atoms. The molecule has 0 fully saturated rings. The van der Waals surface area contributed by atoms with Gasteiger partial charge in [0.25, 0.3) is 0 Å². The number of rotatable bonds is 4. The largest absolute Gasteiger partial charge is 0.382 e. The van der Waals surface area contributed by atoms with Gasteiger partial charge in [-0.2, -0.15) is 5.10 Å². The van der Waals surface area contributed by atoms with Gasteiger partial charge in [-0.15, -0.1) is 0 Å². The Morgan fingerprint density at radius 2 is 1.81 bits per heavy atom. The minimum absolute atomic E-state index is 0.477. The van der Waals surface area contributed by atoms with E-state index in [2.05, 4.69) is 22.1 Å². The maximum absolute atomic E-state index is 6.44. The number of benzene rings is 2. The van der Waals surface area contributed by atoms with E-state index in [-0.39, 0.29) is 0 Å². The number of nitrogens with zero attached hydrogens (tertiary/aromatic N) is 3. The molecule has 0 atom stereocenters. The average Bonchev–Trinajstić information content (AvgIpc) is 3.13. The summed E-state index contributed by atoms with van der Waals surface area (Å²) in [7, 11) is 0. The van der Waals surface area contributed by atoms with Gasteiger partial charge in [0, 0.05) is 16.5 Å². The zero-order chi connectivity index (χ0) is 18.1. The van der Waals surface area contributed by atoms with E-state index in [0.29, 0.717) is 10.8 Å². The number of aryl methyl sites for hydroxylation is 1. The number of aromatic amines is 1. The van der Waals surface area contributed by atoms with E-state index in [1.165, 1.54) is 0 Å². The van der Waals surface area contributed by atoms with Crippen LogP contribution in [0.25, 0.3) is 33.4 Å². The molecule has 0 aliphatic rings. The number of anilines is 1. The molecule has 4 aromatic rings. The molecule has 2 aromatic carbocycles. The lowest BCUT2D eigenvalue weighted by Gasteiger charge is -2.13. The lowest BCUT2D eigenvalue weighted by Crippen LogP contribution is -2.05. The normalized spacial score (nSPS) is 11.2. The predicted octanol–water partition coefficient (Wildman–Crippen LogP) is 4.88. The van der Waals surface area contributed by atoms with Crippen molar-refractivity contribution in [2.45, 2.75) is 19.8 Å². The number of halogens is 1. The highest BCUT2D eigenvalue weighted by atomic mass is 35.5. The van der Waals surface area contributed by atoms with Gasteiger partial charge in [-0.1, -0.05) is 55.3 Å². The molecule has 0 radical (unpaired) electrons. The predicted molar refractivity (Wildman–Crippen MR) is 106 cm³/mol. The van der Waals surface area contributed by atoms with Gasteiger partial charge in [-0.05, 0) is 18.6 Å². The van der Waals surface area contributed by atoms with Gasteiger partial charge in [0.2, 0.25) is 0 Å². The summed E-state index contributed by atoms with van der Waals surface area (Å²) in [5.41, 5.74) is 11.2. The Bertz CT molecular complexity index is 1070. The van der Waals surface area contributed by atoms with Crippen LogP contribution < -0.4 is 5.73 Å². The summed E-state index contributed by atoms with van der Waals surface area (Å²) in [6.45, 7) is 2.10. The van der Waals surface area contributed by atoms with Gasteiger partial charge >= 0.3 is 0 Å². The second-order valence-corrected chi connectivity index (χ2v) is 6.57. The molecular formula is C20H18ClN5. The third-order valence-electron chi connectivity index (χ3n) is 4.31. The Kier molecular flexibility index (Phi) is 4.31. The van der Waals surface area contributed by atoms with Crippen LogP contribution in [-0.2, 0) is 6.42 Å². The monoisotopic (exact) mass is 363 g/mol. The van der Waals surface area contributed by atoms with Crippen molar-refractivity contribution < 1.29 is 0 Å². The Labute approximate surface area is 156 Å². The molecule has 0 unspecified atom stereocenters. The molecule has 4 rings (SSSR count). The number of fused-ring (bicyclic) bond motifs is 1. The van der Waals surface area contributed by atoms with Gasteiger partial charge in [0.1, 0.15) is 5.82 Å². The number of aromatic nitrogens is 4. The number of nitrogens with two attached hydrogens (primary N) is 1. The van der Waals surface area contributed by atoms with Crippen LogP contribution in [0.3, 0.4) is 0 Å². The van der Waals surface area contributed by atoms with Crippen molar-refractivity contribution in [1.29, 1.82) is 0 Å². The highest BCUT2D eigenvalue weighted by Crippen LogP contribution is 2.34. The van der Waals surface area contributed by atoms with Gasteiger partial charge in [0.05, 0.1) is 33.8 Å². The van der Waals surface area contributed by atoms with E-state index < -0.39 is 0 Å². The van der Waals surface area contributed by atoms with Crippen molar-refractivity contribution in [3.05, 3.63) is 59.4 Å². The van der Waals surface area contributed by atoms with Crippen LogP contribution in [0.15, 0.2) is 48.7 Å². The average molecular weight is 364 g/mol. The molecule has 0 aliphatic carbocycles. The van der Waals surface area contributed by atoms with Crippen molar-refractivity contribution >= 4 is 28.3 Å². The molecule has 0 saturated heterocycles. The number of hydrogen-bond donors (Lipinski definition) is 2. The van der Waals surface area contributed by atoms with Crippen LogP contribution in [0, 0.1) is 0 Å². The van der Waals surface area contributed by atoms with Crippen LogP contribution in [0.2, 0.25) is 5.02 Å². The summed E-state index contributed by atoms with van der Waals surface area (Å²) in [5.74, 6) is 0.477. The molecule has 3 N–H and O–H groups in total. The highest BCUT2D eigenvalue weighted by Gasteiger charge is 2.17. The van der Waals surface area contributed by atoms with Crippen LogP contribution >= 0.6 is 11.6 Å². The van der Waals surface area contributed by atoms with Gasteiger partial charge in [-0.25, -0.2) is 9.97 Å². The first-order chi connectivity index (χ1) is 12.7. The fourth-order valence-corrected chi connectivity index (χ4v) is 3.32. The van der Waals surface area contributed by atoms with Crippen LogP contribution in [0.4, 0.5) is 5.82 Å². The molecular weight excluding hydrogens is 346 g/mol. The summed E-state index contributed by atoms with van der Waals surface area (Å²) in [5, 5.41) is 8.52. The summed E-state index contributed by atoms with van der Waals surface area (Å²) in [6, 6.07) is 13.8. The first-order valence-electron chi connectivity index (χ1n) is 8.52. The maximum atomic E-state index is 6.44. The molecule has 130 valence electrons. The van der Waals surface area contributed by atoms with E-state index in [1.54, 1.807) is 6.20 Å². The quantitative estimate of drug-likeness (QED) is 0.541. The molecule has 2 aromatic heterocycles. The Hall–Kier alpha value is -2.92. The number of nitrogens with one attached hydrogen (secondary N) is 1. The third kappa shape index (κ3) is 2.91. The van der Waals surface area contributed by atoms with Crippen molar-refractivity contribution in [2.75, 3.05) is 5.73 Å². The number of H-pyrrole nitrogens is 1. The molecule has 6 heteroatoms. The van der Waals surface area contributed by atoms with Crippen LogP contribution in [-0.4, -0.2) is 20.2 Å². The zero-order valence-electron chi connectivity index (χ0n) is 14.3. The Morgan fingerprint density at radius 3 is 2.58 bits per heavy atom. The molecule has 0 bridgehead atoms. The Morgan fingerprint density at radius 1 is 1.04 bits per heavy atom. The van der Waals surface area contributed by atoms with Crippen molar-refractivity contribution in [3.63, 3.8) is 0 Å². The van der Waals surface area contributed by atoms with Crippen molar-refractivity contribution in [1.82, 2.24) is 20.2 Å². The van der Waals surface area contributed by atoms with Gasteiger partial charge in [0.15, 0.2) is 0 Å². The van der Waals surface area contributed by atoms with E-state index >= 15 is 0 Å². The molecule has 0 saturated carbocycles. The van der Waals surface area contributed by atoms with Gasteiger partial charge < -0.3 is 5.73 Å². The lowest BCUT2D eigenvalue weighted by molar-refractivity contribution is 0.879. The van der Waals surface area contributed by atoms with E-state index in [9.17, 15) is 0 Å².